The maximum atomic E-state index is 9.26. The highest BCUT2D eigenvalue weighted by molar-refractivity contribution is 6.55. The quantitative estimate of drug-likeness (QED) is 0.445. The first-order chi connectivity index (χ1) is 13.1. The van der Waals surface area contributed by atoms with E-state index >= 15 is 0 Å². The summed E-state index contributed by atoms with van der Waals surface area (Å²) in [6.07, 6.45) is 3.55. The van der Waals surface area contributed by atoms with Gasteiger partial charge >= 0.3 is 0 Å². The smallest absolute Gasteiger partial charge is 0.213 e. The van der Waals surface area contributed by atoms with Crippen LogP contribution in [0.15, 0.2) is 47.1 Å². The lowest BCUT2D eigenvalue weighted by Gasteiger charge is -2.10. The maximum Gasteiger partial charge on any atom is 0.213 e. The monoisotopic (exact) mass is 409 g/mol. The van der Waals surface area contributed by atoms with Crippen molar-refractivity contribution in [1.82, 2.24) is 4.98 Å². The van der Waals surface area contributed by atoms with Gasteiger partial charge in [0, 0.05) is 18.6 Å². The Morgan fingerprint density at radius 2 is 2.00 bits per heavy atom. The summed E-state index contributed by atoms with van der Waals surface area (Å²) in [7, 11) is 0. The van der Waals surface area contributed by atoms with Crippen molar-refractivity contribution in [3.8, 4) is 23.4 Å². The second-order valence-electron chi connectivity index (χ2n) is 5.12. The minimum Gasteiger partial charge on any atom is -0.492 e. The van der Waals surface area contributed by atoms with Gasteiger partial charge in [-0.2, -0.15) is 5.26 Å². The van der Waals surface area contributed by atoms with E-state index in [4.69, 9.17) is 42.6 Å². The van der Waals surface area contributed by atoms with Gasteiger partial charge in [0.1, 0.15) is 28.7 Å². The number of benzene rings is 1. The molecule has 0 saturated heterocycles. The molecule has 0 amide bonds. The molecule has 7 nitrogen and oxygen atoms in total. The summed E-state index contributed by atoms with van der Waals surface area (Å²) in [5, 5.41) is 18.0. The Bertz CT molecular complexity index is 803. The zero-order valence-corrected chi connectivity index (χ0v) is 15.7. The van der Waals surface area contributed by atoms with E-state index in [2.05, 4.69) is 11.1 Å². The summed E-state index contributed by atoms with van der Waals surface area (Å²) in [6, 6.07) is 10.3. The molecule has 0 aliphatic carbocycles. The average molecular weight is 410 g/mol. The van der Waals surface area contributed by atoms with E-state index in [-0.39, 0.29) is 11.1 Å². The molecule has 1 aromatic heterocycles. The lowest BCUT2D eigenvalue weighted by molar-refractivity contribution is 0.241. The second kappa shape index (κ2) is 11.1. The predicted molar refractivity (Wildman–Crippen MR) is 102 cm³/mol. The number of nitrogens with zero attached hydrogens (tertiary/aromatic N) is 2. The first kappa shape index (κ1) is 20.6. The average Bonchev–Trinajstić information content (AvgIpc) is 2.68. The Morgan fingerprint density at radius 1 is 1.19 bits per heavy atom. The fourth-order valence-corrected chi connectivity index (χ4v) is 2.09. The van der Waals surface area contributed by atoms with Crippen LogP contribution in [-0.2, 0) is 0 Å². The van der Waals surface area contributed by atoms with Crippen LogP contribution in [0, 0.1) is 11.3 Å². The van der Waals surface area contributed by atoms with Crippen molar-refractivity contribution >= 4 is 28.9 Å². The first-order valence-electron chi connectivity index (χ1n) is 7.92. The predicted octanol–water partition coefficient (Wildman–Crippen LogP) is 4.30. The number of pyridine rings is 1. The molecular weight excluding hydrogens is 393 g/mol. The molecule has 1 aromatic carbocycles. The largest absolute Gasteiger partial charge is 0.492 e. The Morgan fingerprint density at radius 3 is 2.67 bits per heavy atom. The third kappa shape index (κ3) is 7.23. The summed E-state index contributed by atoms with van der Waals surface area (Å²) in [6.45, 7) is 0.970. The van der Waals surface area contributed by atoms with Crippen LogP contribution in [0.1, 0.15) is 12.0 Å². The van der Waals surface area contributed by atoms with E-state index in [0.717, 1.165) is 0 Å². The topological polar surface area (TPSA) is 96.6 Å². The Labute approximate surface area is 166 Å². The molecule has 0 spiro atoms. The van der Waals surface area contributed by atoms with E-state index in [9.17, 15) is 5.26 Å². The van der Waals surface area contributed by atoms with Crippen molar-refractivity contribution in [3.63, 3.8) is 0 Å². The van der Waals surface area contributed by atoms with Gasteiger partial charge in [-0.05, 0) is 24.3 Å². The Balaban J connectivity index is 1.77. The SMILES string of the molecule is N#Cc1cc(OCC=C(Cl)Cl)ccc1OCCCOc1ccc(NO)cn1. The van der Waals surface area contributed by atoms with Crippen LogP contribution in [0.2, 0.25) is 0 Å². The van der Waals surface area contributed by atoms with Gasteiger partial charge in [0.05, 0.1) is 30.7 Å². The molecule has 0 aliphatic rings. The highest BCUT2D eigenvalue weighted by Crippen LogP contribution is 2.24. The van der Waals surface area contributed by atoms with Gasteiger partial charge in [0.15, 0.2) is 0 Å². The molecule has 0 radical (unpaired) electrons. The molecular formula is C18H17Cl2N3O4. The fourth-order valence-electron chi connectivity index (χ4n) is 1.96. The van der Waals surface area contributed by atoms with Crippen molar-refractivity contribution in [2.24, 2.45) is 0 Å². The first-order valence-corrected chi connectivity index (χ1v) is 8.68. The molecule has 27 heavy (non-hydrogen) atoms. The van der Waals surface area contributed by atoms with E-state index in [1.807, 2.05) is 5.48 Å². The number of halogens is 2. The van der Waals surface area contributed by atoms with Gasteiger partial charge in [-0.3, -0.25) is 10.7 Å². The number of nitrogens with one attached hydrogen (secondary N) is 1. The minimum absolute atomic E-state index is 0.119. The summed E-state index contributed by atoms with van der Waals surface area (Å²) in [5.74, 6) is 1.42. The molecule has 0 unspecified atom stereocenters. The van der Waals surface area contributed by atoms with Crippen molar-refractivity contribution in [2.75, 3.05) is 25.3 Å². The molecule has 0 saturated carbocycles. The maximum absolute atomic E-state index is 9.26. The van der Waals surface area contributed by atoms with Crippen LogP contribution in [0.4, 0.5) is 5.69 Å². The summed E-state index contributed by atoms with van der Waals surface area (Å²) in [5.41, 5.74) is 2.83. The minimum atomic E-state index is 0.119. The van der Waals surface area contributed by atoms with Gasteiger partial charge in [-0.25, -0.2) is 4.98 Å². The van der Waals surface area contributed by atoms with Crippen LogP contribution < -0.4 is 19.7 Å². The van der Waals surface area contributed by atoms with Gasteiger partial charge in [-0.15, -0.1) is 0 Å². The van der Waals surface area contributed by atoms with E-state index < -0.39 is 0 Å². The summed E-state index contributed by atoms with van der Waals surface area (Å²) in [4.78, 5) is 4.01. The number of nitriles is 1. The third-order valence-electron chi connectivity index (χ3n) is 3.22. The van der Waals surface area contributed by atoms with E-state index in [0.29, 0.717) is 48.3 Å². The summed E-state index contributed by atoms with van der Waals surface area (Å²) >= 11 is 11.0. The normalized spacial score (nSPS) is 9.85. The van der Waals surface area contributed by atoms with Crippen molar-refractivity contribution in [1.29, 1.82) is 5.26 Å². The summed E-state index contributed by atoms with van der Waals surface area (Å²) < 4.78 is 16.6. The van der Waals surface area contributed by atoms with Gasteiger partial charge in [-0.1, -0.05) is 23.2 Å². The number of aromatic nitrogens is 1. The molecule has 0 bridgehead atoms. The van der Waals surface area contributed by atoms with Gasteiger partial charge in [0.25, 0.3) is 0 Å². The Hall–Kier alpha value is -2.66. The molecule has 2 N–H and O–H groups in total. The molecule has 2 rings (SSSR count). The van der Waals surface area contributed by atoms with Crippen molar-refractivity contribution in [3.05, 3.63) is 52.7 Å². The number of ether oxygens (including phenoxy) is 3. The van der Waals surface area contributed by atoms with Crippen molar-refractivity contribution in [2.45, 2.75) is 6.42 Å². The second-order valence-corrected chi connectivity index (χ2v) is 6.13. The van der Waals surface area contributed by atoms with Crippen LogP contribution in [-0.4, -0.2) is 30.0 Å². The highest BCUT2D eigenvalue weighted by atomic mass is 35.5. The van der Waals surface area contributed by atoms with Gasteiger partial charge in [0.2, 0.25) is 5.88 Å². The Kier molecular flexibility index (Phi) is 8.52. The number of hydrogen-bond acceptors (Lipinski definition) is 7. The number of anilines is 1. The zero-order chi connectivity index (χ0) is 19.5. The molecule has 0 fully saturated rings. The van der Waals surface area contributed by atoms with Crippen LogP contribution >= 0.6 is 23.2 Å². The van der Waals surface area contributed by atoms with Crippen molar-refractivity contribution < 1.29 is 19.4 Å². The lowest BCUT2D eigenvalue weighted by Crippen LogP contribution is -2.06. The zero-order valence-electron chi connectivity index (χ0n) is 14.2. The van der Waals surface area contributed by atoms with Crippen LogP contribution in [0.3, 0.4) is 0 Å². The number of rotatable bonds is 10. The van der Waals surface area contributed by atoms with E-state index in [1.165, 1.54) is 12.3 Å². The molecule has 0 aliphatic heterocycles. The van der Waals surface area contributed by atoms with Gasteiger partial charge < -0.3 is 14.2 Å². The van der Waals surface area contributed by atoms with Crippen LogP contribution in [0.5, 0.6) is 17.4 Å². The highest BCUT2D eigenvalue weighted by Gasteiger charge is 2.06. The molecule has 0 atom stereocenters. The van der Waals surface area contributed by atoms with E-state index in [1.54, 1.807) is 30.3 Å². The lowest BCUT2D eigenvalue weighted by atomic mass is 10.2. The molecule has 2 aromatic rings. The molecule has 9 heteroatoms. The van der Waals surface area contributed by atoms with Crippen LogP contribution in [0.25, 0.3) is 0 Å². The standard InChI is InChI=1S/C18H17Cl2N3O4/c19-17(20)6-9-25-15-3-4-16(13(10-15)11-21)26-7-1-8-27-18-5-2-14(23-24)12-22-18/h2-6,10,12,23-24H,1,7-9H2. The fraction of sp³-hybridized carbons (Fsp3) is 0.222. The third-order valence-corrected chi connectivity index (χ3v) is 3.53. The number of hydrogen-bond donors (Lipinski definition) is 2. The molecule has 142 valence electrons. The molecule has 1 heterocycles.